The summed E-state index contributed by atoms with van der Waals surface area (Å²) in [4.78, 5) is 7.89. The summed E-state index contributed by atoms with van der Waals surface area (Å²) in [5.41, 5.74) is 2.87. The van der Waals surface area contributed by atoms with Gasteiger partial charge in [0.25, 0.3) is 0 Å². The third-order valence-electron chi connectivity index (χ3n) is 5.12. The van der Waals surface area contributed by atoms with Crippen molar-refractivity contribution in [2.24, 2.45) is 0 Å². The molecule has 2 bridgehead atoms. The SMILES string of the molecule is c1ccc(CN2CCN3CCN(CC2)C3c2ccccc2)cc1. The molecule has 120 valence electrons. The van der Waals surface area contributed by atoms with Crippen LogP contribution in [0.25, 0.3) is 0 Å². The molecule has 2 fully saturated rings. The molecule has 0 amide bonds. The molecule has 0 radical (unpaired) electrons. The number of nitrogens with zero attached hydrogens (tertiary/aromatic N) is 3. The lowest BCUT2D eigenvalue weighted by Crippen LogP contribution is -2.43. The maximum atomic E-state index is 2.65. The van der Waals surface area contributed by atoms with Gasteiger partial charge in [-0.2, -0.15) is 0 Å². The van der Waals surface area contributed by atoms with E-state index in [1.807, 2.05) is 0 Å². The van der Waals surface area contributed by atoms with Gasteiger partial charge < -0.3 is 0 Å². The van der Waals surface area contributed by atoms with Crippen LogP contribution in [0, 0.1) is 0 Å². The molecule has 2 aromatic carbocycles. The first-order valence-corrected chi connectivity index (χ1v) is 8.69. The Kier molecular flexibility index (Phi) is 4.42. The molecule has 0 saturated carbocycles. The normalized spacial score (nSPS) is 28.3. The molecule has 3 nitrogen and oxygen atoms in total. The summed E-state index contributed by atoms with van der Waals surface area (Å²) in [6.07, 6.45) is 0.482. The van der Waals surface area contributed by atoms with Crippen LogP contribution in [-0.2, 0) is 6.54 Å². The van der Waals surface area contributed by atoms with Gasteiger partial charge in [-0.05, 0) is 11.1 Å². The van der Waals surface area contributed by atoms with Crippen LogP contribution in [0.1, 0.15) is 17.3 Å². The van der Waals surface area contributed by atoms with Crippen molar-refractivity contribution < 1.29 is 0 Å². The van der Waals surface area contributed by atoms with Gasteiger partial charge in [0.1, 0.15) is 0 Å². The summed E-state index contributed by atoms with van der Waals surface area (Å²) in [6.45, 7) is 8.08. The first kappa shape index (κ1) is 14.9. The predicted molar refractivity (Wildman–Crippen MR) is 94.0 cm³/mol. The van der Waals surface area contributed by atoms with Crippen molar-refractivity contribution in [2.75, 3.05) is 39.3 Å². The Morgan fingerprint density at radius 2 is 1.17 bits per heavy atom. The third kappa shape index (κ3) is 3.32. The quantitative estimate of drug-likeness (QED) is 0.863. The largest absolute Gasteiger partial charge is 0.297 e. The van der Waals surface area contributed by atoms with Crippen LogP contribution in [0.15, 0.2) is 60.7 Å². The lowest BCUT2D eigenvalue weighted by Gasteiger charge is -2.36. The number of fused-ring (bicyclic) bond motifs is 2. The van der Waals surface area contributed by atoms with Crippen molar-refractivity contribution >= 4 is 0 Å². The summed E-state index contributed by atoms with van der Waals surface area (Å²) in [5.74, 6) is 0. The highest BCUT2D eigenvalue weighted by Gasteiger charge is 2.34. The molecule has 2 aliphatic heterocycles. The van der Waals surface area contributed by atoms with E-state index in [0.717, 1.165) is 32.7 Å². The molecule has 0 aliphatic carbocycles. The highest BCUT2D eigenvalue weighted by Crippen LogP contribution is 2.30. The molecule has 2 unspecified atom stereocenters. The number of hydrogen-bond donors (Lipinski definition) is 0. The van der Waals surface area contributed by atoms with Gasteiger partial charge >= 0.3 is 0 Å². The second-order valence-corrected chi connectivity index (χ2v) is 6.62. The Balaban J connectivity index is 1.46. The van der Waals surface area contributed by atoms with Gasteiger partial charge in [0.2, 0.25) is 0 Å². The Morgan fingerprint density at radius 3 is 1.78 bits per heavy atom. The molecule has 2 saturated heterocycles. The fourth-order valence-corrected chi connectivity index (χ4v) is 3.90. The smallest absolute Gasteiger partial charge is 0.0887 e. The predicted octanol–water partition coefficient (Wildman–Crippen LogP) is 2.82. The van der Waals surface area contributed by atoms with E-state index >= 15 is 0 Å². The second kappa shape index (κ2) is 6.83. The van der Waals surface area contributed by atoms with Crippen molar-refractivity contribution in [1.29, 1.82) is 0 Å². The van der Waals surface area contributed by atoms with Crippen molar-refractivity contribution in [2.45, 2.75) is 12.7 Å². The summed E-state index contributed by atoms with van der Waals surface area (Å²) < 4.78 is 0. The highest BCUT2D eigenvalue weighted by atomic mass is 15.4. The zero-order chi connectivity index (χ0) is 15.5. The van der Waals surface area contributed by atoms with Gasteiger partial charge in [0.15, 0.2) is 0 Å². The molecular weight excluding hydrogens is 282 g/mol. The maximum Gasteiger partial charge on any atom is 0.0887 e. The molecule has 0 aromatic heterocycles. The molecule has 0 spiro atoms. The Bertz CT molecular complexity index is 597. The third-order valence-corrected chi connectivity index (χ3v) is 5.12. The Hall–Kier alpha value is -1.68. The first-order valence-electron chi connectivity index (χ1n) is 8.69. The van der Waals surface area contributed by atoms with Crippen LogP contribution < -0.4 is 0 Å². The molecule has 4 rings (SSSR count). The molecule has 2 atom stereocenters. The van der Waals surface area contributed by atoms with E-state index in [-0.39, 0.29) is 0 Å². The van der Waals surface area contributed by atoms with Crippen molar-refractivity contribution in [1.82, 2.24) is 14.7 Å². The van der Waals surface area contributed by atoms with Crippen molar-refractivity contribution in [3.63, 3.8) is 0 Å². The van der Waals surface area contributed by atoms with Crippen LogP contribution in [0.3, 0.4) is 0 Å². The lowest BCUT2D eigenvalue weighted by atomic mass is 10.1. The summed E-state index contributed by atoms with van der Waals surface area (Å²) in [6, 6.07) is 21.8. The Labute approximate surface area is 139 Å². The van der Waals surface area contributed by atoms with Gasteiger partial charge in [-0.25, -0.2) is 0 Å². The molecule has 2 heterocycles. The molecule has 2 aromatic rings. The van der Waals surface area contributed by atoms with Crippen LogP contribution in [-0.4, -0.2) is 54.0 Å². The van der Waals surface area contributed by atoms with E-state index in [2.05, 4.69) is 75.4 Å². The number of rotatable bonds is 3. The van der Waals surface area contributed by atoms with E-state index < -0.39 is 0 Å². The fraction of sp³-hybridized carbons (Fsp3) is 0.400. The fourth-order valence-electron chi connectivity index (χ4n) is 3.90. The van der Waals surface area contributed by atoms with Crippen LogP contribution in [0.4, 0.5) is 0 Å². The zero-order valence-electron chi connectivity index (χ0n) is 13.6. The maximum absolute atomic E-state index is 2.65. The van der Waals surface area contributed by atoms with Crippen molar-refractivity contribution in [3.8, 4) is 0 Å². The van der Waals surface area contributed by atoms with Gasteiger partial charge in [-0.1, -0.05) is 60.7 Å². The van der Waals surface area contributed by atoms with Crippen LogP contribution in [0.5, 0.6) is 0 Å². The van der Waals surface area contributed by atoms with E-state index in [4.69, 9.17) is 0 Å². The van der Waals surface area contributed by atoms with Crippen molar-refractivity contribution in [3.05, 3.63) is 71.8 Å². The average Bonchev–Trinajstić information content (AvgIpc) is 3.03. The van der Waals surface area contributed by atoms with Crippen LogP contribution in [0.2, 0.25) is 0 Å². The van der Waals surface area contributed by atoms with E-state index in [1.54, 1.807) is 0 Å². The lowest BCUT2D eigenvalue weighted by molar-refractivity contribution is 0.0807. The minimum Gasteiger partial charge on any atom is -0.297 e. The number of hydrogen-bond acceptors (Lipinski definition) is 3. The second-order valence-electron chi connectivity index (χ2n) is 6.62. The van der Waals surface area contributed by atoms with Gasteiger partial charge in [0, 0.05) is 45.8 Å². The van der Waals surface area contributed by atoms with E-state index in [9.17, 15) is 0 Å². The molecular formula is C20H25N3. The first-order chi connectivity index (χ1) is 11.4. The van der Waals surface area contributed by atoms with Gasteiger partial charge in [-0.3, -0.25) is 14.7 Å². The molecule has 2 aliphatic rings. The average molecular weight is 307 g/mol. The van der Waals surface area contributed by atoms with Gasteiger partial charge in [-0.15, -0.1) is 0 Å². The topological polar surface area (TPSA) is 9.72 Å². The summed E-state index contributed by atoms with van der Waals surface area (Å²) >= 11 is 0. The molecule has 0 N–H and O–H groups in total. The molecule has 3 heteroatoms. The molecule has 23 heavy (non-hydrogen) atoms. The van der Waals surface area contributed by atoms with E-state index in [1.165, 1.54) is 24.2 Å². The standard InChI is InChI=1S/C20H25N3/c1-3-7-18(8-4-1)17-21-11-13-22-15-16-23(14-12-21)20(22)19-9-5-2-6-10-19/h1-10,20H,11-17H2. The monoisotopic (exact) mass is 307 g/mol. The van der Waals surface area contributed by atoms with Gasteiger partial charge in [0.05, 0.1) is 6.17 Å². The zero-order valence-corrected chi connectivity index (χ0v) is 13.6. The van der Waals surface area contributed by atoms with E-state index in [0.29, 0.717) is 6.17 Å². The summed E-state index contributed by atoms with van der Waals surface area (Å²) in [5, 5.41) is 0. The number of benzene rings is 2. The minimum atomic E-state index is 0.482. The highest BCUT2D eigenvalue weighted by molar-refractivity contribution is 5.20. The summed E-state index contributed by atoms with van der Waals surface area (Å²) in [7, 11) is 0. The van der Waals surface area contributed by atoms with Crippen LogP contribution >= 0.6 is 0 Å². The Morgan fingerprint density at radius 1 is 0.652 bits per heavy atom. The minimum absolute atomic E-state index is 0.482.